The lowest BCUT2D eigenvalue weighted by Gasteiger charge is -2.21. The largest absolute Gasteiger partial charge is 0.339 e. The molecule has 0 aliphatic heterocycles. The van der Waals surface area contributed by atoms with Gasteiger partial charge in [-0.05, 0) is 18.6 Å². The van der Waals surface area contributed by atoms with Crippen molar-refractivity contribution in [1.82, 2.24) is 19.7 Å². The SMILES string of the molecule is CCN(Cc1ccccc1Cl)C(=O)CCn1cncn1. The Bertz CT molecular complexity index is 556. The number of hydrogen-bond acceptors (Lipinski definition) is 3. The smallest absolute Gasteiger partial charge is 0.224 e. The minimum atomic E-state index is 0.0860. The maximum absolute atomic E-state index is 12.2. The first kappa shape index (κ1) is 14.5. The zero-order chi connectivity index (χ0) is 14.4. The highest BCUT2D eigenvalue weighted by Gasteiger charge is 2.13. The third kappa shape index (κ3) is 3.81. The number of hydrogen-bond donors (Lipinski definition) is 0. The van der Waals surface area contributed by atoms with E-state index in [-0.39, 0.29) is 5.91 Å². The Balaban J connectivity index is 1.94. The van der Waals surface area contributed by atoms with Gasteiger partial charge in [0, 0.05) is 24.5 Å². The number of carbonyl (C=O) groups is 1. The quantitative estimate of drug-likeness (QED) is 0.821. The van der Waals surface area contributed by atoms with Crippen molar-refractivity contribution in [2.45, 2.75) is 26.4 Å². The van der Waals surface area contributed by atoms with Gasteiger partial charge in [-0.3, -0.25) is 9.48 Å². The highest BCUT2D eigenvalue weighted by atomic mass is 35.5. The van der Waals surface area contributed by atoms with Crippen molar-refractivity contribution in [2.24, 2.45) is 0 Å². The van der Waals surface area contributed by atoms with Crippen LogP contribution >= 0.6 is 11.6 Å². The van der Waals surface area contributed by atoms with Crippen LogP contribution in [0.3, 0.4) is 0 Å². The van der Waals surface area contributed by atoms with Crippen molar-refractivity contribution in [3.8, 4) is 0 Å². The molecule has 5 nitrogen and oxygen atoms in total. The Kier molecular flexibility index (Phi) is 5.12. The van der Waals surface area contributed by atoms with E-state index in [2.05, 4.69) is 10.1 Å². The highest BCUT2D eigenvalue weighted by molar-refractivity contribution is 6.31. The molecule has 0 N–H and O–H groups in total. The fourth-order valence-electron chi connectivity index (χ4n) is 1.93. The van der Waals surface area contributed by atoms with Crippen molar-refractivity contribution >= 4 is 17.5 Å². The molecule has 1 aromatic heterocycles. The minimum absolute atomic E-state index is 0.0860. The summed E-state index contributed by atoms with van der Waals surface area (Å²) >= 11 is 6.13. The minimum Gasteiger partial charge on any atom is -0.339 e. The fraction of sp³-hybridized carbons (Fsp3) is 0.357. The molecule has 0 atom stereocenters. The Labute approximate surface area is 123 Å². The fourth-order valence-corrected chi connectivity index (χ4v) is 2.12. The van der Waals surface area contributed by atoms with Gasteiger partial charge >= 0.3 is 0 Å². The van der Waals surface area contributed by atoms with Gasteiger partial charge in [-0.15, -0.1) is 0 Å². The summed E-state index contributed by atoms with van der Waals surface area (Å²) in [5.74, 6) is 0.0860. The first-order valence-corrected chi connectivity index (χ1v) is 6.92. The zero-order valence-corrected chi connectivity index (χ0v) is 12.1. The summed E-state index contributed by atoms with van der Waals surface area (Å²) in [4.78, 5) is 17.9. The molecule has 0 aliphatic carbocycles. The van der Waals surface area contributed by atoms with Gasteiger partial charge in [0.05, 0.1) is 6.54 Å². The van der Waals surface area contributed by atoms with Crippen LogP contribution in [-0.4, -0.2) is 32.1 Å². The normalized spacial score (nSPS) is 10.5. The van der Waals surface area contributed by atoms with E-state index in [9.17, 15) is 4.79 Å². The molecule has 0 unspecified atom stereocenters. The first-order valence-electron chi connectivity index (χ1n) is 6.54. The second-order valence-electron chi connectivity index (χ2n) is 4.41. The van der Waals surface area contributed by atoms with E-state index in [1.54, 1.807) is 15.9 Å². The molecule has 0 saturated heterocycles. The van der Waals surface area contributed by atoms with Gasteiger partial charge in [-0.1, -0.05) is 29.8 Å². The van der Waals surface area contributed by atoms with E-state index in [0.29, 0.717) is 31.1 Å². The van der Waals surface area contributed by atoms with Crippen molar-refractivity contribution in [1.29, 1.82) is 0 Å². The van der Waals surface area contributed by atoms with Crippen LogP contribution in [0.25, 0.3) is 0 Å². The summed E-state index contributed by atoms with van der Waals surface area (Å²) in [7, 11) is 0. The monoisotopic (exact) mass is 292 g/mol. The second kappa shape index (κ2) is 7.05. The molecule has 20 heavy (non-hydrogen) atoms. The molecule has 1 amide bonds. The Morgan fingerprint density at radius 1 is 1.40 bits per heavy atom. The van der Waals surface area contributed by atoms with Crippen LogP contribution in [0.15, 0.2) is 36.9 Å². The third-order valence-electron chi connectivity index (χ3n) is 3.07. The standard InChI is InChI=1S/C14H17ClN4O/c1-2-18(9-12-5-3-4-6-13(12)15)14(20)7-8-19-11-16-10-17-19/h3-6,10-11H,2,7-9H2,1H3. The lowest BCUT2D eigenvalue weighted by molar-refractivity contribution is -0.131. The zero-order valence-electron chi connectivity index (χ0n) is 11.4. The van der Waals surface area contributed by atoms with Crippen molar-refractivity contribution < 1.29 is 4.79 Å². The van der Waals surface area contributed by atoms with E-state index in [4.69, 9.17) is 11.6 Å². The number of aromatic nitrogens is 3. The summed E-state index contributed by atoms with van der Waals surface area (Å²) in [6.07, 6.45) is 3.48. The van der Waals surface area contributed by atoms with Crippen LogP contribution in [0.1, 0.15) is 18.9 Å². The summed E-state index contributed by atoms with van der Waals surface area (Å²) in [6.45, 7) is 3.69. The number of rotatable bonds is 6. The van der Waals surface area contributed by atoms with Crippen LogP contribution < -0.4 is 0 Å². The Morgan fingerprint density at radius 3 is 2.85 bits per heavy atom. The lowest BCUT2D eigenvalue weighted by atomic mass is 10.2. The molecule has 0 aliphatic rings. The average Bonchev–Trinajstić information content (AvgIpc) is 2.97. The van der Waals surface area contributed by atoms with E-state index >= 15 is 0 Å². The molecule has 1 heterocycles. The van der Waals surface area contributed by atoms with E-state index < -0.39 is 0 Å². The Morgan fingerprint density at radius 2 is 2.20 bits per heavy atom. The summed E-state index contributed by atoms with van der Waals surface area (Å²) in [5.41, 5.74) is 0.963. The number of benzene rings is 1. The maximum atomic E-state index is 12.2. The van der Waals surface area contributed by atoms with Crippen LogP contribution in [0.5, 0.6) is 0 Å². The molecule has 1 aromatic carbocycles. The van der Waals surface area contributed by atoms with Crippen LogP contribution in [-0.2, 0) is 17.9 Å². The number of halogens is 1. The first-order chi connectivity index (χ1) is 9.70. The van der Waals surface area contributed by atoms with Crippen molar-refractivity contribution in [2.75, 3.05) is 6.54 Å². The molecule has 2 rings (SSSR count). The van der Waals surface area contributed by atoms with Crippen molar-refractivity contribution in [3.63, 3.8) is 0 Å². The molecule has 0 fully saturated rings. The molecule has 6 heteroatoms. The van der Waals surface area contributed by atoms with Crippen molar-refractivity contribution in [3.05, 3.63) is 47.5 Å². The van der Waals surface area contributed by atoms with Crippen LogP contribution in [0, 0.1) is 0 Å². The maximum Gasteiger partial charge on any atom is 0.224 e. The summed E-state index contributed by atoms with van der Waals surface area (Å²) < 4.78 is 1.65. The van der Waals surface area contributed by atoms with Gasteiger partial charge in [-0.2, -0.15) is 5.10 Å². The van der Waals surface area contributed by atoms with Gasteiger partial charge in [0.25, 0.3) is 0 Å². The van der Waals surface area contributed by atoms with Gasteiger partial charge < -0.3 is 4.90 Å². The van der Waals surface area contributed by atoms with Crippen LogP contribution in [0.2, 0.25) is 5.02 Å². The molecular formula is C14H17ClN4O. The van der Waals surface area contributed by atoms with Gasteiger partial charge in [0.15, 0.2) is 0 Å². The lowest BCUT2D eigenvalue weighted by Crippen LogP contribution is -2.31. The predicted molar refractivity (Wildman–Crippen MR) is 77.2 cm³/mol. The van der Waals surface area contributed by atoms with Gasteiger partial charge in [0.2, 0.25) is 5.91 Å². The van der Waals surface area contributed by atoms with Gasteiger partial charge in [0.1, 0.15) is 12.7 Å². The third-order valence-corrected chi connectivity index (χ3v) is 3.44. The van der Waals surface area contributed by atoms with Crippen LogP contribution in [0.4, 0.5) is 0 Å². The average molecular weight is 293 g/mol. The Hall–Kier alpha value is -1.88. The molecule has 0 bridgehead atoms. The van der Waals surface area contributed by atoms with E-state index in [1.807, 2.05) is 31.2 Å². The molecule has 106 valence electrons. The van der Waals surface area contributed by atoms with E-state index in [0.717, 1.165) is 5.56 Å². The molecular weight excluding hydrogens is 276 g/mol. The molecule has 0 radical (unpaired) electrons. The highest BCUT2D eigenvalue weighted by Crippen LogP contribution is 2.17. The number of amides is 1. The molecule has 0 saturated carbocycles. The number of aryl methyl sites for hydroxylation is 1. The topological polar surface area (TPSA) is 51.0 Å². The molecule has 0 spiro atoms. The molecule has 2 aromatic rings. The predicted octanol–water partition coefficient (Wildman–Crippen LogP) is 2.37. The number of nitrogens with zero attached hydrogens (tertiary/aromatic N) is 4. The summed E-state index contributed by atoms with van der Waals surface area (Å²) in [5, 5.41) is 4.68. The van der Waals surface area contributed by atoms with Gasteiger partial charge in [-0.25, -0.2) is 4.98 Å². The number of carbonyl (C=O) groups excluding carboxylic acids is 1. The van der Waals surface area contributed by atoms with E-state index in [1.165, 1.54) is 6.33 Å². The second-order valence-corrected chi connectivity index (χ2v) is 4.82. The summed E-state index contributed by atoms with van der Waals surface area (Å²) in [6, 6.07) is 7.59.